The van der Waals surface area contributed by atoms with Crippen LogP contribution in [0.2, 0.25) is 0 Å². The number of unbranched alkanes of at least 4 members (excludes halogenated alkanes) is 18. The van der Waals surface area contributed by atoms with Crippen LogP contribution in [0.25, 0.3) is 11.4 Å². The van der Waals surface area contributed by atoms with E-state index < -0.39 is 0 Å². The zero-order valence-electron chi connectivity index (χ0n) is 25.6. The van der Waals surface area contributed by atoms with Crippen molar-refractivity contribution in [2.75, 3.05) is 6.61 Å². The molecule has 0 amide bonds. The molecule has 0 saturated carbocycles. The van der Waals surface area contributed by atoms with E-state index in [1.807, 2.05) is 24.3 Å². The van der Waals surface area contributed by atoms with E-state index in [2.05, 4.69) is 23.8 Å². The Morgan fingerprint density at radius 1 is 0.575 bits per heavy atom. The lowest BCUT2D eigenvalue weighted by molar-refractivity contribution is -0.134. The lowest BCUT2D eigenvalue weighted by Crippen LogP contribution is -2.08. The summed E-state index contributed by atoms with van der Waals surface area (Å²) in [5.41, 5.74) is 0.912. The molecule has 1 heterocycles. The van der Waals surface area contributed by atoms with Gasteiger partial charge in [-0.25, -0.2) is 9.97 Å². The highest BCUT2D eigenvalue weighted by Crippen LogP contribution is 2.21. The predicted molar refractivity (Wildman–Crippen MR) is 167 cm³/mol. The summed E-state index contributed by atoms with van der Waals surface area (Å²) in [6.07, 6.45) is 29.3. The summed E-state index contributed by atoms with van der Waals surface area (Å²) in [5.74, 6) is 1.67. The number of carbonyl (C=O) groups is 1. The molecule has 224 valence electrons. The average Bonchev–Trinajstić information content (AvgIpc) is 2.97. The number of rotatable bonds is 25. The second kappa shape index (κ2) is 23.3. The molecule has 0 radical (unpaired) electrons. The summed E-state index contributed by atoms with van der Waals surface area (Å²) >= 11 is 0. The monoisotopic (exact) mass is 552 g/mol. The quantitative estimate of drug-likeness (QED) is 0.0905. The molecule has 0 aliphatic rings. The fourth-order valence-corrected chi connectivity index (χ4v) is 4.94. The van der Waals surface area contributed by atoms with Crippen LogP contribution in [0.15, 0.2) is 36.7 Å². The lowest BCUT2D eigenvalue weighted by Gasteiger charge is -2.08. The minimum atomic E-state index is -0.208. The van der Waals surface area contributed by atoms with Gasteiger partial charge in [0, 0.05) is 12.0 Å². The summed E-state index contributed by atoms with van der Waals surface area (Å²) in [4.78, 5) is 20.9. The normalized spacial score (nSPS) is 11.1. The van der Waals surface area contributed by atoms with E-state index >= 15 is 0 Å². The Hall–Kier alpha value is -2.43. The van der Waals surface area contributed by atoms with Gasteiger partial charge in [-0.2, -0.15) is 0 Å². The number of esters is 1. The summed E-state index contributed by atoms with van der Waals surface area (Å²) in [6, 6.07) is 7.88. The van der Waals surface area contributed by atoms with Gasteiger partial charge >= 0.3 is 5.97 Å². The fourth-order valence-electron chi connectivity index (χ4n) is 4.94. The van der Waals surface area contributed by atoms with Gasteiger partial charge in [-0.3, -0.25) is 4.79 Å². The second-order valence-electron chi connectivity index (χ2n) is 11.2. The Kier molecular flexibility index (Phi) is 19.7. The summed E-state index contributed by atoms with van der Waals surface area (Å²) < 4.78 is 11.3. The van der Waals surface area contributed by atoms with E-state index in [0.29, 0.717) is 18.0 Å². The molecule has 0 fully saturated rings. The maximum atomic E-state index is 12.2. The highest BCUT2D eigenvalue weighted by atomic mass is 16.5. The number of carbonyl (C=O) groups excluding carboxylic acids is 1. The number of benzene rings is 1. The van der Waals surface area contributed by atoms with Crippen LogP contribution < -0.4 is 9.47 Å². The van der Waals surface area contributed by atoms with Crippen molar-refractivity contribution >= 4 is 5.97 Å². The van der Waals surface area contributed by atoms with Crippen molar-refractivity contribution in [1.82, 2.24) is 9.97 Å². The van der Waals surface area contributed by atoms with Crippen molar-refractivity contribution in [3.05, 3.63) is 36.7 Å². The molecule has 0 aliphatic heterocycles. The maximum Gasteiger partial charge on any atom is 0.311 e. The minimum absolute atomic E-state index is 0.208. The Balaban J connectivity index is 1.54. The maximum absolute atomic E-state index is 12.2. The molecule has 40 heavy (non-hydrogen) atoms. The number of nitrogens with zero attached hydrogens (tertiary/aromatic N) is 2. The van der Waals surface area contributed by atoms with Gasteiger partial charge in [-0.1, -0.05) is 129 Å². The molecule has 0 spiro atoms. The van der Waals surface area contributed by atoms with Gasteiger partial charge in [0.25, 0.3) is 0 Å². The third-order valence-corrected chi connectivity index (χ3v) is 7.47. The molecular formula is C35H56N2O3. The number of hydrogen-bond donors (Lipinski definition) is 0. The topological polar surface area (TPSA) is 61.3 Å². The SMILES string of the molecule is CCCCCCCCCCCCOc1ccc(-c2ncc(OC(=O)CCCCCCCCCCCC)cn2)cc1. The molecule has 2 aromatic rings. The average molecular weight is 553 g/mol. The Morgan fingerprint density at radius 2 is 1.02 bits per heavy atom. The van der Waals surface area contributed by atoms with E-state index in [4.69, 9.17) is 9.47 Å². The van der Waals surface area contributed by atoms with Crippen LogP contribution in [0.3, 0.4) is 0 Å². The Morgan fingerprint density at radius 3 is 1.52 bits per heavy atom. The summed E-state index contributed by atoms with van der Waals surface area (Å²) in [6.45, 7) is 5.28. The largest absolute Gasteiger partial charge is 0.494 e. The molecular weight excluding hydrogens is 496 g/mol. The van der Waals surface area contributed by atoms with E-state index in [1.165, 1.54) is 109 Å². The number of ether oxygens (including phenoxy) is 2. The molecule has 5 nitrogen and oxygen atoms in total. The van der Waals surface area contributed by atoms with Crippen LogP contribution in [-0.2, 0) is 4.79 Å². The zero-order chi connectivity index (χ0) is 28.5. The van der Waals surface area contributed by atoms with Crippen molar-refractivity contribution in [2.45, 2.75) is 149 Å². The zero-order valence-corrected chi connectivity index (χ0v) is 25.6. The van der Waals surface area contributed by atoms with Crippen molar-refractivity contribution in [2.24, 2.45) is 0 Å². The van der Waals surface area contributed by atoms with Gasteiger partial charge in [0.15, 0.2) is 11.6 Å². The van der Waals surface area contributed by atoms with Gasteiger partial charge < -0.3 is 9.47 Å². The van der Waals surface area contributed by atoms with E-state index in [9.17, 15) is 4.79 Å². The van der Waals surface area contributed by atoms with Gasteiger partial charge in [-0.15, -0.1) is 0 Å². The van der Waals surface area contributed by atoms with Crippen LogP contribution in [-0.4, -0.2) is 22.5 Å². The van der Waals surface area contributed by atoms with Crippen molar-refractivity contribution in [1.29, 1.82) is 0 Å². The van der Waals surface area contributed by atoms with Gasteiger partial charge in [0.05, 0.1) is 19.0 Å². The second-order valence-corrected chi connectivity index (χ2v) is 11.2. The van der Waals surface area contributed by atoms with Gasteiger partial charge in [-0.05, 0) is 37.1 Å². The summed E-state index contributed by atoms with van der Waals surface area (Å²) in [7, 11) is 0. The van der Waals surface area contributed by atoms with E-state index in [1.54, 1.807) is 12.4 Å². The highest BCUT2D eigenvalue weighted by molar-refractivity contribution is 5.72. The first-order valence-electron chi connectivity index (χ1n) is 16.5. The van der Waals surface area contributed by atoms with Crippen LogP contribution in [0.4, 0.5) is 0 Å². The molecule has 0 saturated heterocycles. The first-order valence-corrected chi connectivity index (χ1v) is 16.5. The molecule has 0 aliphatic carbocycles. The standard InChI is InChI=1S/C35H56N2O3/c1-3-5-7-9-11-13-15-17-19-21-23-34(38)40-33-29-36-35(37-30-33)31-24-26-32(27-25-31)39-28-22-20-18-16-14-12-10-8-6-4-2/h24-27,29-30H,3-23,28H2,1-2H3. The van der Waals surface area contributed by atoms with Crippen LogP contribution in [0.1, 0.15) is 149 Å². The van der Waals surface area contributed by atoms with Crippen LogP contribution >= 0.6 is 0 Å². The Labute approximate surface area is 244 Å². The van der Waals surface area contributed by atoms with Crippen molar-refractivity contribution in [3.63, 3.8) is 0 Å². The van der Waals surface area contributed by atoms with Gasteiger partial charge in [0.1, 0.15) is 5.75 Å². The Bertz CT molecular complexity index is 867. The molecule has 1 aromatic heterocycles. The molecule has 5 heteroatoms. The molecule has 2 rings (SSSR count). The number of hydrogen-bond acceptors (Lipinski definition) is 5. The van der Waals surface area contributed by atoms with Crippen molar-refractivity contribution < 1.29 is 14.3 Å². The minimum Gasteiger partial charge on any atom is -0.494 e. The first kappa shape index (κ1) is 33.8. The molecule has 0 unspecified atom stereocenters. The van der Waals surface area contributed by atoms with E-state index in [0.717, 1.165) is 37.2 Å². The van der Waals surface area contributed by atoms with Crippen LogP contribution in [0.5, 0.6) is 11.5 Å². The van der Waals surface area contributed by atoms with Gasteiger partial charge in [0.2, 0.25) is 0 Å². The lowest BCUT2D eigenvalue weighted by atomic mass is 10.1. The molecule has 0 atom stereocenters. The smallest absolute Gasteiger partial charge is 0.311 e. The molecule has 0 bridgehead atoms. The third kappa shape index (κ3) is 16.6. The predicted octanol–water partition coefficient (Wildman–Crippen LogP) is 10.7. The third-order valence-electron chi connectivity index (χ3n) is 7.47. The first-order chi connectivity index (χ1) is 19.7. The highest BCUT2D eigenvalue weighted by Gasteiger charge is 2.08. The molecule has 0 N–H and O–H groups in total. The fraction of sp³-hybridized carbons (Fsp3) is 0.686. The molecule has 1 aromatic carbocycles. The van der Waals surface area contributed by atoms with Crippen molar-refractivity contribution in [3.8, 4) is 22.9 Å². The van der Waals surface area contributed by atoms with E-state index in [-0.39, 0.29) is 5.97 Å². The van der Waals surface area contributed by atoms with Crippen LogP contribution in [0, 0.1) is 0 Å². The summed E-state index contributed by atoms with van der Waals surface area (Å²) in [5, 5.41) is 0. The number of aromatic nitrogens is 2.